The molecule has 0 spiro atoms. The monoisotopic (exact) mass is 420 g/mol. The van der Waals surface area contributed by atoms with Crippen LogP contribution in [0.15, 0.2) is 18.2 Å². The van der Waals surface area contributed by atoms with Crippen LogP contribution < -0.4 is 0 Å². The molecule has 2 saturated heterocycles. The second-order valence-corrected chi connectivity index (χ2v) is 6.03. The average Bonchev–Trinajstić information content (AvgIpc) is 3.17. The van der Waals surface area contributed by atoms with E-state index in [0.717, 1.165) is 18.2 Å². The highest BCUT2D eigenvalue weighted by molar-refractivity contribution is 6.05. The second kappa shape index (κ2) is 8.51. The summed E-state index contributed by atoms with van der Waals surface area (Å²) in [7, 11) is 0. The molecule has 1 N–H and O–H groups in total. The minimum atomic E-state index is -1.50. The van der Waals surface area contributed by atoms with Crippen molar-refractivity contribution in [3.05, 3.63) is 34.9 Å². The number of aromatic carboxylic acids is 1. The molecule has 2 aliphatic rings. The number of rotatable bonds is 5. The van der Waals surface area contributed by atoms with Crippen LogP contribution in [0.3, 0.4) is 0 Å². The van der Waals surface area contributed by atoms with Crippen molar-refractivity contribution in [1.82, 2.24) is 10.1 Å². The van der Waals surface area contributed by atoms with E-state index in [1.807, 2.05) is 0 Å². The fourth-order valence-corrected chi connectivity index (χ4v) is 2.57. The predicted octanol–water partition coefficient (Wildman–Crippen LogP) is 0.462. The van der Waals surface area contributed by atoms with Gasteiger partial charge < -0.3 is 14.8 Å². The first-order chi connectivity index (χ1) is 13.7. The van der Waals surface area contributed by atoms with Crippen LogP contribution in [-0.4, -0.2) is 56.8 Å². The summed E-state index contributed by atoms with van der Waals surface area (Å²) in [6.45, 7) is 0. The lowest BCUT2D eigenvalue weighted by molar-refractivity contribution is -0.173. The average molecular weight is 420 g/mol. The van der Waals surface area contributed by atoms with Crippen LogP contribution in [-0.2, 0) is 28.9 Å². The molecular formula is C18H16N2O10. The second-order valence-electron chi connectivity index (χ2n) is 6.03. The lowest BCUT2D eigenvalue weighted by atomic mass is 10.1. The maximum Gasteiger partial charge on any atom is 0.363 e. The zero-order valence-electron chi connectivity index (χ0n) is 14.6. The van der Waals surface area contributed by atoms with Crippen LogP contribution in [0, 0.1) is 0 Å². The lowest BCUT2D eigenvalue weighted by Gasteiger charge is -2.14. The molecular weight excluding hydrogens is 404 g/mol. The molecule has 0 aliphatic carbocycles. The number of carboxylic acid groups (broad SMARTS) is 1. The predicted molar refractivity (Wildman–Crippen MR) is 93.1 cm³/mol. The van der Waals surface area contributed by atoms with Crippen molar-refractivity contribution in [3.8, 4) is 0 Å². The van der Waals surface area contributed by atoms with Gasteiger partial charge in [0.1, 0.15) is 0 Å². The van der Waals surface area contributed by atoms with Crippen LogP contribution in [0.4, 0.5) is 0 Å². The summed E-state index contributed by atoms with van der Waals surface area (Å²) in [5.74, 6) is -7.02. The maximum absolute atomic E-state index is 12.3. The number of nitrogens with zero attached hydrogens (tertiary/aromatic N) is 2. The summed E-state index contributed by atoms with van der Waals surface area (Å²) in [5, 5.41) is 9.71. The number of amides is 4. The Morgan fingerprint density at radius 1 is 0.667 bits per heavy atom. The first kappa shape index (κ1) is 22.2. The third-order valence-electron chi connectivity index (χ3n) is 4.01. The van der Waals surface area contributed by atoms with Crippen LogP contribution >= 0.6 is 0 Å². The Kier molecular flexibility index (Phi) is 6.30. The number of hydroxylamine groups is 4. The van der Waals surface area contributed by atoms with Gasteiger partial charge in [-0.3, -0.25) is 19.2 Å². The van der Waals surface area contributed by atoms with E-state index < -0.39 is 58.2 Å². The molecule has 0 aromatic heterocycles. The summed E-state index contributed by atoms with van der Waals surface area (Å²) in [4.78, 5) is 91.4. The summed E-state index contributed by atoms with van der Waals surface area (Å²) in [6, 6.07) is 2.60. The minimum absolute atomic E-state index is 0. The number of imide groups is 2. The van der Waals surface area contributed by atoms with Gasteiger partial charge in [0.05, 0.1) is 16.7 Å². The minimum Gasteiger partial charge on any atom is -0.478 e. The van der Waals surface area contributed by atoms with Gasteiger partial charge in [0.15, 0.2) is 0 Å². The van der Waals surface area contributed by atoms with E-state index in [1.165, 1.54) is 0 Å². The van der Waals surface area contributed by atoms with E-state index in [4.69, 9.17) is 9.68 Å². The molecule has 30 heavy (non-hydrogen) atoms. The van der Waals surface area contributed by atoms with Gasteiger partial charge in [0, 0.05) is 25.7 Å². The first-order valence-corrected chi connectivity index (χ1v) is 8.22. The zero-order valence-corrected chi connectivity index (χ0v) is 14.6. The number of hydrogen-bond acceptors (Lipinski definition) is 9. The standard InChI is InChI=1S/C17H12N2O10.CH4/c20-11-1-2-12(21)18(11)28-16(26)9-5-8(15(24)25)6-10(7-9)17(27)29-19-13(22)3-4-14(19)23;/h5-7H,1-4H2,(H,24,25);1H4. The molecule has 0 bridgehead atoms. The van der Waals surface area contributed by atoms with Crippen molar-refractivity contribution in [2.24, 2.45) is 0 Å². The van der Waals surface area contributed by atoms with Gasteiger partial charge in [-0.25, -0.2) is 14.4 Å². The highest BCUT2D eigenvalue weighted by atomic mass is 16.7. The molecule has 12 nitrogen and oxygen atoms in total. The van der Waals surface area contributed by atoms with Gasteiger partial charge >= 0.3 is 17.9 Å². The largest absolute Gasteiger partial charge is 0.478 e. The Bertz CT molecular complexity index is 883. The van der Waals surface area contributed by atoms with E-state index in [9.17, 15) is 38.7 Å². The number of carbonyl (C=O) groups excluding carboxylic acids is 6. The van der Waals surface area contributed by atoms with Crippen LogP contribution in [0.5, 0.6) is 0 Å². The normalized spacial score (nSPS) is 15.9. The quantitative estimate of drug-likeness (QED) is 0.662. The Labute approximate surface area is 168 Å². The zero-order chi connectivity index (χ0) is 21.3. The number of benzene rings is 1. The topological polar surface area (TPSA) is 165 Å². The molecule has 2 fully saturated rings. The van der Waals surface area contributed by atoms with Gasteiger partial charge in [0.25, 0.3) is 23.6 Å². The van der Waals surface area contributed by atoms with Crippen molar-refractivity contribution in [2.45, 2.75) is 33.1 Å². The fraction of sp³-hybridized carbons (Fsp3) is 0.278. The molecule has 2 heterocycles. The Morgan fingerprint density at radius 2 is 0.967 bits per heavy atom. The van der Waals surface area contributed by atoms with E-state index in [-0.39, 0.29) is 43.2 Å². The molecule has 1 aromatic carbocycles. The van der Waals surface area contributed by atoms with Gasteiger partial charge in [-0.1, -0.05) is 7.43 Å². The molecule has 158 valence electrons. The van der Waals surface area contributed by atoms with Crippen molar-refractivity contribution in [2.75, 3.05) is 0 Å². The highest BCUT2D eigenvalue weighted by Crippen LogP contribution is 2.19. The smallest absolute Gasteiger partial charge is 0.363 e. The first-order valence-electron chi connectivity index (χ1n) is 8.22. The molecule has 12 heteroatoms. The summed E-state index contributed by atoms with van der Waals surface area (Å²) < 4.78 is 0. The van der Waals surface area contributed by atoms with Crippen molar-refractivity contribution in [1.29, 1.82) is 0 Å². The SMILES string of the molecule is C.O=C(O)c1cc(C(=O)ON2C(=O)CCC2=O)cc(C(=O)ON2C(=O)CCC2=O)c1. The Balaban J connectivity index is 0.00000320. The number of carbonyl (C=O) groups is 7. The molecule has 0 saturated carbocycles. The third kappa shape index (κ3) is 4.32. The highest BCUT2D eigenvalue weighted by Gasteiger charge is 2.35. The Hall–Kier alpha value is -4.09. The van der Waals surface area contributed by atoms with Crippen molar-refractivity contribution >= 4 is 41.5 Å². The van der Waals surface area contributed by atoms with Gasteiger partial charge in [-0.2, -0.15) is 0 Å². The van der Waals surface area contributed by atoms with Gasteiger partial charge in [-0.05, 0) is 18.2 Å². The molecule has 0 unspecified atom stereocenters. The molecule has 4 amide bonds. The maximum atomic E-state index is 12.3. The summed E-state index contributed by atoms with van der Waals surface area (Å²) >= 11 is 0. The fourth-order valence-electron chi connectivity index (χ4n) is 2.57. The lowest BCUT2D eigenvalue weighted by Crippen LogP contribution is -2.33. The van der Waals surface area contributed by atoms with Gasteiger partial charge in [-0.15, -0.1) is 10.1 Å². The van der Waals surface area contributed by atoms with Crippen molar-refractivity contribution < 1.29 is 48.3 Å². The van der Waals surface area contributed by atoms with E-state index >= 15 is 0 Å². The molecule has 1 aromatic rings. The van der Waals surface area contributed by atoms with Crippen LogP contribution in [0.2, 0.25) is 0 Å². The third-order valence-corrected chi connectivity index (χ3v) is 4.01. The summed E-state index contributed by atoms with van der Waals surface area (Å²) in [5.41, 5.74) is -1.45. The number of carboxylic acids is 1. The Morgan fingerprint density at radius 3 is 1.27 bits per heavy atom. The van der Waals surface area contributed by atoms with E-state index in [0.29, 0.717) is 0 Å². The van der Waals surface area contributed by atoms with Crippen LogP contribution in [0.1, 0.15) is 64.2 Å². The molecule has 2 aliphatic heterocycles. The number of hydrogen-bond donors (Lipinski definition) is 1. The molecule has 3 rings (SSSR count). The van der Waals surface area contributed by atoms with E-state index in [2.05, 4.69) is 0 Å². The summed E-state index contributed by atoms with van der Waals surface area (Å²) in [6.07, 6.45) is -0.568. The van der Waals surface area contributed by atoms with E-state index in [1.54, 1.807) is 0 Å². The van der Waals surface area contributed by atoms with Crippen molar-refractivity contribution in [3.63, 3.8) is 0 Å². The molecule has 0 atom stereocenters. The van der Waals surface area contributed by atoms with Crippen LogP contribution in [0.25, 0.3) is 0 Å². The molecule has 0 radical (unpaired) electrons. The van der Waals surface area contributed by atoms with Gasteiger partial charge in [0.2, 0.25) is 0 Å².